The fourth-order valence-electron chi connectivity index (χ4n) is 3.37. The molecule has 0 atom stereocenters. The zero-order chi connectivity index (χ0) is 22.7. The molecule has 1 aromatic carbocycles. The number of aromatic nitrogens is 3. The number of furan rings is 1. The lowest BCUT2D eigenvalue weighted by Crippen LogP contribution is -2.36. The largest absolute Gasteiger partial charge is 0.467 e. The summed E-state index contributed by atoms with van der Waals surface area (Å²) in [6.45, 7) is 6.15. The third kappa shape index (κ3) is 4.54. The van der Waals surface area contributed by atoms with Crippen molar-refractivity contribution in [2.45, 2.75) is 33.4 Å². The van der Waals surface area contributed by atoms with Crippen LogP contribution >= 0.6 is 0 Å². The van der Waals surface area contributed by atoms with Crippen molar-refractivity contribution >= 4 is 22.8 Å². The molecule has 0 saturated carbocycles. The smallest absolute Gasteiger partial charge is 0.252 e. The summed E-state index contributed by atoms with van der Waals surface area (Å²) in [5, 5.41) is 10.5. The van der Waals surface area contributed by atoms with Crippen molar-refractivity contribution in [3.63, 3.8) is 0 Å². The number of fused-ring (bicyclic) bond motifs is 1. The van der Waals surface area contributed by atoms with E-state index in [0.717, 1.165) is 11.1 Å². The lowest BCUT2D eigenvalue weighted by molar-refractivity contribution is -0.120. The lowest BCUT2D eigenvalue weighted by atomic mass is 10.1. The molecule has 164 valence electrons. The van der Waals surface area contributed by atoms with Crippen LogP contribution in [-0.2, 0) is 11.3 Å². The summed E-state index contributed by atoms with van der Waals surface area (Å²) in [6.07, 6.45) is 3.19. The van der Waals surface area contributed by atoms with Crippen molar-refractivity contribution in [3.8, 4) is 11.3 Å². The zero-order valence-electron chi connectivity index (χ0n) is 18.3. The van der Waals surface area contributed by atoms with E-state index in [0.29, 0.717) is 28.1 Å². The maximum absolute atomic E-state index is 13.0. The van der Waals surface area contributed by atoms with Gasteiger partial charge in [-0.25, -0.2) is 9.67 Å². The van der Waals surface area contributed by atoms with Crippen LogP contribution in [0, 0.1) is 6.92 Å². The van der Waals surface area contributed by atoms with Gasteiger partial charge < -0.3 is 15.1 Å². The molecule has 0 unspecified atom stereocenters. The first-order chi connectivity index (χ1) is 15.4. The van der Waals surface area contributed by atoms with Gasteiger partial charge in [-0.2, -0.15) is 5.10 Å². The van der Waals surface area contributed by atoms with Crippen LogP contribution in [0.25, 0.3) is 22.3 Å². The van der Waals surface area contributed by atoms with Gasteiger partial charge in [0.05, 0.1) is 42.2 Å². The van der Waals surface area contributed by atoms with E-state index in [1.165, 1.54) is 0 Å². The van der Waals surface area contributed by atoms with Gasteiger partial charge in [-0.05, 0) is 39.0 Å². The summed E-state index contributed by atoms with van der Waals surface area (Å²) >= 11 is 0. The molecule has 4 aromatic rings. The minimum Gasteiger partial charge on any atom is -0.467 e. The predicted octanol–water partition coefficient (Wildman–Crippen LogP) is 3.63. The number of hydrogen-bond acceptors (Lipinski definition) is 5. The normalized spacial score (nSPS) is 11.1. The quantitative estimate of drug-likeness (QED) is 0.465. The number of nitrogens with one attached hydrogen (secondary N) is 2. The second kappa shape index (κ2) is 9.05. The molecule has 3 heterocycles. The van der Waals surface area contributed by atoms with Crippen molar-refractivity contribution in [2.24, 2.45) is 0 Å². The average molecular weight is 431 g/mol. The van der Waals surface area contributed by atoms with Crippen LogP contribution < -0.4 is 10.6 Å². The molecule has 0 bridgehead atoms. The van der Waals surface area contributed by atoms with Gasteiger partial charge in [-0.3, -0.25) is 9.59 Å². The van der Waals surface area contributed by atoms with E-state index < -0.39 is 0 Å². The van der Waals surface area contributed by atoms with Gasteiger partial charge in [-0.15, -0.1) is 0 Å². The van der Waals surface area contributed by atoms with E-state index in [9.17, 15) is 9.59 Å². The summed E-state index contributed by atoms with van der Waals surface area (Å²) in [6, 6.07) is 13.3. The Balaban J connectivity index is 1.59. The summed E-state index contributed by atoms with van der Waals surface area (Å²) in [5.74, 6) is -0.0248. The van der Waals surface area contributed by atoms with E-state index in [4.69, 9.17) is 9.40 Å². The SMILES string of the molecule is Cc1ccc(-c2cc(C(=O)NCC(=O)NCc3ccco3)c3cnn(C(C)C)c3n2)cc1. The second-order valence-corrected chi connectivity index (χ2v) is 7.88. The predicted molar refractivity (Wildman–Crippen MR) is 121 cm³/mol. The van der Waals surface area contributed by atoms with Gasteiger partial charge in [0.1, 0.15) is 5.76 Å². The van der Waals surface area contributed by atoms with Crippen LogP contribution in [0.4, 0.5) is 0 Å². The first-order valence-electron chi connectivity index (χ1n) is 10.4. The number of pyridine rings is 1. The maximum Gasteiger partial charge on any atom is 0.252 e. The fourth-order valence-corrected chi connectivity index (χ4v) is 3.37. The fraction of sp³-hybridized carbons (Fsp3) is 0.250. The number of aryl methyl sites for hydroxylation is 1. The van der Waals surface area contributed by atoms with Crippen LogP contribution in [0.15, 0.2) is 59.3 Å². The van der Waals surface area contributed by atoms with E-state index in [1.807, 2.05) is 45.0 Å². The highest BCUT2D eigenvalue weighted by molar-refractivity contribution is 6.07. The van der Waals surface area contributed by atoms with Gasteiger partial charge in [0.2, 0.25) is 5.91 Å². The molecule has 4 rings (SSSR count). The third-order valence-electron chi connectivity index (χ3n) is 5.10. The molecule has 0 spiro atoms. The Hall–Kier alpha value is -3.94. The van der Waals surface area contributed by atoms with E-state index >= 15 is 0 Å². The van der Waals surface area contributed by atoms with Crippen molar-refractivity contribution < 1.29 is 14.0 Å². The number of benzene rings is 1. The highest BCUT2D eigenvalue weighted by Gasteiger charge is 2.19. The Morgan fingerprint density at radius 3 is 2.59 bits per heavy atom. The van der Waals surface area contributed by atoms with Crippen molar-refractivity contribution in [1.29, 1.82) is 0 Å². The first-order valence-corrected chi connectivity index (χ1v) is 10.4. The summed E-state index contributed by atoms with van der Waals surface area (Å²) in [5.41, 5.74) is 3.77. The van der Waals surface area contributed by atoms with Crippen LogP contribution in [0.1, 0.15) is 41.6 Å². The van der Waals surface area contributed by atoms with Crippen LogP contribution in [0.3, 0.4) is 0 Å². The zero-order valence-corrected chi connectivity index (χ0v) is 18.3. The van der Waals surface area contributed by atoms with Crippen molar-refractivity contribution in [2.75, 3.05) is 6.54 Å². The van der Waals surface area contributed by atoms with Gasteiger partial charge in [0.25, 0.3) is 5.91 Å². The first kappa shape index (κ1) is 21.3. The van der Waals surface area contributed by atoms with E-state index in [-0.39, 0.29) is 30.9 Å². The molecular formula is C24H25N5O3. The van der Waals surface area contributed by atoms with Crippen molar-refractivity contribution in [1.82, 2.24) is 25.4 Å². The van der Waals surface area contributed by atoms with Crippen LogP contribution in [0.5, 0.6) is 0 Å². The van der Waals surface area contributed by atoms with Crippen molar-refractivity contribution in [3.05, 3.63) is 71.8 Å². The summed E-state index contributed by atoms with van der Waals surface area (Å²) in [7, 11) is 0. The van der Waals surface area contributed by atoms with Gasteiger partial charge in [-0.1, -0.05) is 29.8 Å². The highest BCUT2D eigenvalue weighted by atomic mass is 16.3. The minimum absolute atomic E-state index is 0.0801. The van der Waals surface area contributed by atoms with E-state index in [2.05, 4.69) is 15.7 Å². The lowest BCUT2D eigenvalue weighted by Gasteiger charge is -2.11. The average Bonchev–Trinajstić information content (AvgIpc) is 3.45. The molecular weight excluding hydrogens is 406 g/mol. The minimum atomic E-state index is -0.359. The molecule has 2 N–H and O–H groups in total. The number of hydrogen-bond donors (Lipinski definition) is 2. The molecule has 0 aliphatic rings. The van der Waals surface area contributed by atoms with Gasteiger partial charge in [0, 0.05) is 11.6 Å². The van der Waals surface area contributed by atoms with Gasteiger partial charge >= 0.3 is 0 Å². The number of rotatable bonds is 7. The summed E-state index contributed by atoms with van der Waals surface area (Å²) < 4.78 is 6.98. The Bertz CT molecular complexity index is 1240. The molecule has 32 heavy (non-hydrogen) atoms. The maximum atomic E-state index is 13.0. The Kier molecular flexibility index (Phi) is 6.02. The Labute approximate surface area is 185 Å². The van der Waals surface area contributed by atoms with Crippen LogP contribution in [-0.4, -0.2) is 33.1 Å². The molecule has 8 heteroatoms. The topological polar surface area (TPSA) is 102 Å². The molecule has 0 aliphatic carbocycles. The Morgan fingerprint density at radius 1 is 1.12 bits per heavy atom. The van der Waals surface area contributed by atoms with Crippen LogP contribution in [0.2, 0.25) is 0 Å². The van der Waals surface area contributed by atoms with E-state index in [1.54, 1.807) is 35.3 Å². The monoisotopic (exact) mass is 431 g/mol. The molecule has 2 amide bonds. The summed E-state index contributed by atoms with van der Waals surface area (Å²) in [4.78, 5) is 30.0. The molecule has 0 fully saturated rings. The third-order valence-corrected chi connectivity index (χ3v) is 5.10. The number of carbonyl (C=O) groups excluding carboxylic acids is 2. The van der Waals surface area contributed by atoms with Gasteiger partial charge in [0.15, 0.2) is 5.65 Å². The molecule has 0 radical (unpaired) electrons. The molecule has 0 aliphatic heterocycles. The second-order valence-electron chi connectivity index (χ2n) is 7.88. The number of nitrogens with zero attached hydrogens (tertiary/aromatic N) is 3. The Morgan fingerprint density at radius 2 is 1.91 bits per heavy atom. The molecule has 3 aromatic heterocycles. The number of carbonyl (C=O) groups is 2. The standard InChI is InChI=1S/C24H25N5O3/c1-15(2)29-23-20(13-27-29)19(11-21(28-23)17-8-6-16(3)7-9-17)24(31)26-14-22(30)25-12-18-5-4-10-32-18/h4-11,13,15H,12,14H2,1-3H3,(H,25,30)(H,26,31). The molecule has 8 nitrogen and oxygen atoms in total. The highest BCUT2D eigenvalue weighted by Crippen LogP contribution is 2.26. The number of amides is 2. The molecule has 0 saturated heterocycles.